The summed E-state index contributed by atoms with van der Waals surface area (Å²) in [7, 11) is 0. The van der Waals surface area contributed by atoms with Gasteiger partial charge in [0.2, 0.25) is 6.29 Å². The number of aromatic hydroxyl groups is 1. The fraction of sp³-hybridized carbons (Fsp3) is 0.500. The van der Waals surface area contributed by atoms with Gasteiger partial charge in [-0.1, -0.05) is 0 Å². The molecule has 0 radical (unpaired) electrons. The molecule has 0 amide bonds. The van der Waals surface area contributed by atoms with Gasteiger partial charge in [-0.25, -0.2) is 4.79 Å². The number of rotatable bonds is 6. The molecule has 1 aromatic carbocycles. The van der Waals surface area contributed by atoms with Gasteiger partial charge in [-0.05, 0) is 42.0 Å². The summed E-state index contributed by atoms with van der Waals surface area (Å²) in [5.41, 5.74) is -1.57. The number of aliphatic hydroxyl groups excluding tert-OH is 5. The first-order valence-electron chi connectivity index (χ1n) is 10.5. The lowest BCUT2D eigenvalue weighted by atomic mass is 9.83. The lowest BCUT2D eigenvalue weighted by Gasteiger charge is -2.44. The van der Waals surface area contributed by atoms with Crippen molar-refractivity contribution in [2.45, 2.75) is 48.7 Å². The molecule has 0 bridgehead atoms. The Bertz CT molecular complexity index is 944. The summed E-state index contributed by atoms with van der Waals surface area (Å²) in [4.78, 5) is 12.6. The molecule has 12 heteroatoms. The van der Waals surface area contributed by atoms with Crippen LogP contribution in [-0.2, 0) is 18.9 Å². The van der Waals surface area contributed by atoms with Gasteiger partial charge in [-0.3, -0.25) is 0 Å². The molecule has 2 heterocycles. The van der Waals surface area contributed by atoms with E-state index in [1.165, 1.54) is 36.4 Å². The van der Waals surface area contributed by atoms with E-state index in [-0.39, 0.29) is 16.9 Å². The van der Waals surface area contributed by atoms with Crippen molar-refractivity contribution < 1.29 is 59.5 Å². The largest absolute Gasteiger partial charge is 0.508 e. The highest BCUT2D eigenvalue weighted by molar-refractivity contribution is 5.89. The van der Waals surface area contributed by atoms with Crippen LogP contribution in [0.15, 0.2) is 48.3 Å². The van der Waals surface area contributed by atoms with Gasteiger partial charge in [0.05, 0.1) is 31.0 Å². The fourth-order valence-electron chi connectivity index (χ4n) is 4.28. The number of esters is 1. The minimum absolute atomic E-state index is 0.0425. The van der Waals surface area contributed by atoms with Gasteiger partial charge < -0.3 is 54.7 Å². The molecule has 7 N–H and O–H groups in total. The second kappa shape index (κ2) is 9.60. The first kappa shape index (κ1) is 24.6. The Hall–Kier alpha value is -2.55. The zero-order chi connectivity index (χ0) is 24.6. The first-order chi connectivity index (χ1) is 16.2. The maximum atomic E-state index is 12.6. The van der Waals surface area contributed by atoms with E-state index in [0.29, 0.717) is 0 Å². The van der Waals surface area contributed by atoms with Crippen LogP contribution in [0.2, 0.25) is 0 Å². The third-order valence-electron chi connectivity index (χ3n) is 6.18. The average molecular weight is 482 g/mol. The second-order valence-corrected chi connectivity index (χ2v) is 8.28. The van der Waals surface area contributed by atoms with E-state index in [1.54, 1.807) is 0 Å². The normalized spacial score (nSPS) is 39.2. The standard InChI is InChI=1S/C22H26O12/c23-8-11-7-14(33-19(29)10-1-3-12(25)4-2-10)22(30)5-6-31-20(15(11)22)34-21-18(28)17(27)16(26)13(9-24)32-21/h1-7,13-18,20-21,23-28,30H,8-9H2/t13-,14-,15-,16-,17+,18+,20+,21-,22-/m1/s1. The summed E-state index contributed by atoms with van der Waals surface area (Å²) in [6.07, 6.45) is -6.71. The fourth-order valence-corrected chi connectivity index (χ4v) is 4.28. The van der Waals surface area contributed by atoms with Crippen LogP contribution in [0.25, 0.3) is 0 Å². The average Bonchev–Trinajstić information content (AvgIpc) is 3.11. The van der Waals surface area contributed by atoms with Gasteiger partial charge >= 0.3 is 5.97 Å². The smallest absolute Gasteiger partial charge is 0.338 e. The number of aliphatic hydroxyl groups is 6. The van der Waals surface area contributed by atoms with Crippen LogP contribution in [0.3, 0.4) is 0 Å². The zero-order valence-corrected chi connectivity index (χ0v) is 17.7. The molecule has 2 aliphatic heterocycles. The maximum absolute atomic E-state index is 12.6. The molecule has 0 saturated carbocycles. The molecule has 0 unspecified atom stereocenters. The van der Waals surface area contributed by atoms with Crippen LogP contribution in [0.4, 0.5) is 0 Å². The van der Waals surface area contributed by atoms with Crippen molar-refractivity contribution in [1.29, 1.82) is 0 Å². The Morgan fingerprint density at radius 2 is 1.74 bits per heavy atom. The van der Waals surface area contributed by atoms with Crippen LogP contribution >= 0.6 is 0 Å². The van der Waals surface area contributed by atoms with Crippen molar-refractivity contribution in [2.24, 2.45) is 5.92 Å². The van der Waals surface area contributed by atoms with Gasteiger partial charge in [0.25, 0.3) is 0 Å². The molecule has 9 atom stereocenters. The summed E-state index contributed by atoms with van der Waals surface area (Å²) in [6, 6.07) is 5.29. The molecular formula is C22H26O12. The number of phenolic OH excluding ortho intramolecular Hbond substituents is 1. The molecular weight excluding hydrogens is 456 g/mol. The lowest BCUT2D eigenvalue weighted by Crippen LogP contribution is -2.61. The Labute approximate surface area is 193 Å². The molecule has 1 saturated heterocycles. The van der Waals surface area contributed by atoms with E-state index in [0.717, 1.165) is 6.26 Å². The van der Waals surface area contributed by atoms with Crippen molar-refractivity contribution in [3.63, 3.8) is 0 Å². The van der Waals surface area contributed by atoms with E-state index >= 15 is 0 Å². The van der Waals surface area contributed by atoms with Crippen LogP contribution in [0.1, 0.15) is 10.4 Å². The predicted octanol–water partition coefficient (Wildman–Crippen LogP) is -2.12. The van der Waals surface area contributed by atoms with Gasteiger partial charge in [-0.15, -0.1) is 0 Å². The van der Waals surface area contributed by atoms with Gasteiger partial charge in [0, 0.05) is 0 Å². The molecule has 1 fully saturated rings. The Morgan fingerprint density at radius 1 is 1.03 bits per heavy atom. The predicted molar refractivity (Wildman–Crippen MR) is 110 cm³/mol. The van der Waals surface area contributed by atoms with E-state index < -0.39 is 73.8 Å². The topological polar surface area (TPSA) is 196 Å². The van der Waals surface area contributed by atoms with E-state index in [4.69, 9.17) is 18.9 Å². The van der Waals surface area contributed by atoms with E-state index in [2.05, 4.69) is 0 Å². The first-order valence-corrected chi connectivity index (χ1v) is 10.5. The van der Waals surface area contributed by atoms with Crippen LogP contribution in [-0.4, -0.2) is 104 Å². The molecule has 186 valence electrons. The second-order valence-electron chi connectivity index (χ2n) is 8.28. The number of carbonyl (C=O) groups is 1. The summed E-state index contributed by atoms with van der Waals surface area (Å²) in [5, 5.41) is 70.3. The van der Waals surface area contributed by atoms with Gasteiger partial charge in [0.1, 0.15) is 35.8 Å². The quantitative estimate of drug-likeness (QED) is 0.172. The molecule has 12 nitrogen and oxygen atoms in total. The van der Waals surface area contributed by atoms with Crippen molar-refractivity contribution in [3.8, 4) is 5.75 Å². The SMILES string of the molecule is O=C(O[C@@H]1C=C(CO)[C@@H]2[C@H](O[C@H]3O[C@H](CO)[C@@H](O)[C@H](O)[C@@H]3O)OC=C[C@]21O)c1ccc(O)cc1. The van der Waals surface area contributed by atoms with Crippen LogP contribution in [0.5, 0.6) is 5.75 Å². The Morgan fingerprint density at radius 3 is 2.38 bits per heavy atom. The lowest BCUT2D eigenvalue weighted by molar-refractivity contribution is -0.344. The Kier molecular flexibility index (Phi) is 6.94. The summed E-state index contributed by atoms with van der Waals surface area (Å²) >= 11 is 0. The third-order valence-corrected chi connectivity index (χ3v) is 6.18. The van der Waals surface area contributed by atoms with Crippen LogP contribution in [0, 0.1) is 5.92 Å². The number of carbonyl (C=O) groups excluding carboxylic acids is 1. The minimum atomic E-state index is -1.90. The minimum Gasteiger partial charge on any atom is -0.508 e. The van der Waals surface area contributed by atoms with Crippen molar-refractivity contribution in [3.05, 3.63) is 53.8 Å². The highest BCUT2D eigenvalue weighted by atomic mass is 16.8. The summed E-state index contributed by atoms with van der Waals surface area (Å²) < 4.78 is 21.9. The van der Waals surface area contributed by atoms with Crippen molar-refractivity contribution >= 4 is 5.97 Å². The summed E-state index contributed by atoms with van der Waals surface area (Å²) in [5.74, 6) is -1.94. The number of hydrogen-bond donors (Lipinski definition) is 7. The van der Waals surface area contributed by atoms with Gasteiger partial charge in [0.15, 0.2) is 12.4 Å². The Balaban J connectivity index is 1.54. The maximum Gasteiger partial charge on any atom is 0.338 e. The van der Waals surface area contributed by atoms with E-state index in [1.807, 2.05) is 0 Å². The van der Waals surface area contributed by atoms with Crippen LogP contribution < -0.4 is 0 Å². The highest BCUT2D eigenvalue weighted by Crippen LogP contribution is 2.45. The number of hydrogen-bond acceptors (Lipinski definition) is 12. The third kappa shape index (κ3) is 4.30. The molecule has 1 aromatic rings. The summed E-state index contributed by atoms with van der Waals surface area (Å²) in [6.45, 7) is -1.22. The number of phenols is 1. The highest BCUT2D eigenvalue weighted by Gasteiger charge is 2.57. The van der Waals surface area contributed by atoms with E-state index in [9.17, 15) is 40.5 Å². The molecule has 0 aromatic heterocycles. The monoisotopic (exact) mass is 482 g/mol. The molecule has 3 aliphatic rings. The number of fused-ring (bicyclic) bond motifs is 1. The molecule has 1 aliphatic carbocycles. The molecule has 4 rings (SSSR count). The van der Waals surface area contributed by atoms with Crippen molar-refractivity contribution in [1.82, 2.24) is 0 Å². The van der Waals surface area contributed by atoms with Crippen molar-refractivity contribution in [2.75, 3.05) is 13.2 Å². The van der Waals surface area contributed by atoms with Gasteiger partial charge in [-0.2, -0.15) is 0 Å². The molecule has 34 heavy (non-hydrogen) atoms. The number of benzene rings is 1. The molecule has 0 spiro atoms. The number of ether oxygens (including phenoxy) is 4. The zero-order valence-electron chi connectivity index (χ0n) is 17.7.